The molecule has 1 aromatic heterocycles. The third-order valence-electron chi connectivity index (χ3n) is 3.19. The lowest BCUT2D eigenvalue weighted by atomic mass is 10.2. The number of hydrogen-bond donors (Lipinski definition) is 1. The molecule has 0 unspecified atom stereocenters. The summed E-state index contributed by atoms with van der Waals surface area (Å²) < 4.78 is 15.9. The van der Waals surface area contributed by atoms with E-state index in [1.165, 1.54) is 6.08 Å². The Bertz CT molecular complexity index is 776. The second kappa shape index (κ2) is 8.73. The van der Waals surface area contributed by atoms with Crippen molar-refractivity contribution in [1.29, 1.82) is 0 Å². The first-order valence-corrected chi connectivity index (χ1v) is 7.92. The van der Waals surface area contributed by atoms with Gasteiger partial charge in [0.25, 0.3) is 5.91 Å². The summed E-state index contributed by atoms with van der Waals surface area (Å²) in [6, 6.07) is 10.9. The molecule has 1 amide bonds. The summed E-state index contributed by atoms with van der Waals surface area (Å²) in [6.45, 7) is 5.78. The predicted octanol–water partition coefficient (Wildman–Crippen LogP) is 3.36. The number of rotatable bonds is 7. The zero-order valence-corrected chi connectivity index (χ0v) is 14.5. The summed E-state index contributed by atoms with van der Waals surface area (Å²) in [5.74, 6) is 0.445. The van der Waals surface area contributed by atoms with Crippen LogP contribution in [0.1, 0.15) is 35.7 Å². The van der Waals surface area contributed by atoms with Crippen molar-refractivity contribution in [3.63, 3.8) is 0 Å². The average molecular weight is 343 g/mol. The zero-order chi connectivity index (χ0) is 18.2. The van der Waals surface area contributed by atoms with Crippen LogP contribution in [0.4, 0.5) is 0 Å². The summed E-state index contributed by atoms with van der Waals surface area (Å²) in [7, 11) is 0. The largest absolute Gasteiger partial charge is 0.486 e. The lowest BCUT2D eigenvalue weighted by molar-refractivity contribution is -0.137. The number of amides is 1. The predicted molar refractivity (Wildman–Crippen MR) is 92.1 cm³/mol. The van der Waals surface area contributed by atoms with Crippen LogP contribution in [0.2, 0.25) is 0 Å². The van der Waals surface area contributed by atoms with E-state index >= 15 is 0 Å². The van der Waals surface area contributed by atoms with Crippen molar-refractivity contribution < 1.29 is 23.5 Å². The number of furan rings is 1. The van der Waals surface area contributed by atoms with E-state index in [0.29, 0.717) is 11.5 Å². The SMILES string of the molecule is CCOC(=O)/C=C(\C)NC(=O)c1ccc(COc2cccc(C)c2)o1. The van der Waals surface area contributed by atoms with Crippen molar-refractivity contribution in [3.05, 3.63) is 65.3 Å². The molecule has 0 radical (unpaired) electrons. The highest BCUT2D eigenvalue weighted by molar-refractivity contribution is 5.93. The van der Waals surface area contributed by atoms with E-state index in [1.54, 1.807) is 26.0 Å². The molecule has 0 fully saturated rings. The number of carbonyl (C=O) groups excluding carboxylic acids is 2. The van der Waals surface area contributed by atoms with Crippen LogP contribution in [0.3, 0.4) is 0 Å². The third kappa shape index (κ3) is 5.84. The average Bonchev–Trinajstić information content (AvgIpc) is 3.02. The quantitative estimate of drug-likeness (QED) is 0.616. The van der Waals surface area contributed by atoms with E-state index < -0.39 is 11.9 Å². The van der Waals surface area contributed by atoms with E-state index in [-0.39, 0.29) is 19.0 Å². The summed E-state index contributed by atoms with van der Waals surface area (Å²) >= 11 is 0. The van der Waals surface area contributed by atoms with Gasteiger partial charge in [-0.25, -0.2) is 4.79 Å². The zero-order valence-electron chi connectivity index (χ0n) is 14.5. The molecule has 1 N–H and O–H groups in total. The fraction of sp³-hybridized carbons (Fsp3) is 0.263. The van der Waals surface area contributed by atoms with Crippen LogP contribution in [-0.2, 0) is 16.1 Å². The molecular formula is C19H21NO5. The molecule has 25 heavy (non-hydrogen) atoms. The molecule has 2 rings (SSSR count). The molecule has 0 saturated heterocycles. The number of aryl methyl sites for hydroxylation is 1. The highest BCUT2D eigenvalue weighted by Gasteiger charge is 2.12. The molecule has 0 aliphatic heterocycles. The molecule has 0 atom stereocenters. The molecule has 0 aliphatic carbocycles. The smallest absolute Gasteiger partial charge is 0.332 e. The van der Waals surface area contributed by atoms with E-state index in [1.807, 2.05) is 31.2 Å². The minimum atomic E-state index is -0.507. The van der Waals surface area contributed by atoms with Crippen molar-refractivity contribution in [3.8, 4) is 5.75 Å². The fourth-order valence-corrected chi connectivity index (χ4v) is 2.07. The van der Waals surface area contributed by atoms with Gasteiger partial charge in [0.1, 0.15) is 18.1 Å². The number of benzene rings is 1. The van der Waals surface area contributed by atoms with Gasteiger partial charge in [-0.15, -0.1) is 0 Å². The number of carbonyl (C=O) groups is 2. The summed E-state index contributed by atoms with van der Waals surface area (Å²) in [5, 5.41) is 2.57. The van der Waals surface area contributed by atoms with E-state index in [0.717, 1.165) is 11.3 Å². The number of ether oxygens (including phenoxy) is 2. The van der Waals surface area contributed by atoms with Crippen molar-refractivity contribution in [1.82, 2.24) is 5.32 Å². The van der Waals surface area contributed by atoms with Crippen LogP contribution in [0.25, 0.3) is 0 Å². The van der Waals surface area contributed by atoms with Crippen molar-refractivity contribution in [2.45, 2.75) is 27.4 Å². The Morgan fingerprint density at radius 2 is 2.04 bits per heavy atom. The standard InChI is InChI=1S/C19H21NO5/c1-4-23-18(21)11-14(3)20-19(22)17-9-8-16(25-17)12-24-15-7-5-6-13(2)10-15/h5-11H,4,12H2,1-3H3,(H,20,22)/b14-11+. The minimum absolute atomic E-state index is 0.138. The second-order valence-electron chi connectivity index (χ2n) is 5.40. The van der Waals surface area contributed by atoms with E-state index in [9.17, 15) is 9.59 Å². The first-order valence-electron chi connectivity index (χ1n) is 7.92. The molecule has 6 nitrogen and oxygen atoms in total. The second-order valence-corrected chi connectivity index (χ2v) is 5.40. The van der Waals surface area contributed by atoms with Gasteiger partial charge in [0.2, 0.25) is 0 Å². The van der Waals surface area contributed by atoms with Gasteiger partial charge in [-0.1, -0.05) is 12.1 Å². The maximum Gasteiger partial charge on any atom is 0.332 e. The van der Waals surface area contributed by atoms with Gasteiger partial charge in [0.05, 0.1) is 6.61 Å². The molecular weight excluding hydrogens is 322 g/mol. The molecule has 0 spiro atoms. The molecule has 1 heterocycles. The van der Waals surface area contributed by atoms with Crippen LogP contribution in [-0.4, -0.2) is 18.5 Å². The Labute approximate surface area is 146 Å². The van der Waals surface area contributed by atoms with Crippen molar-refractivity contribution in [2.24, 2.45) is 0 Å². The Morgan fingerprint density at radius 3 is 2.76 bits per heavy atom. The van der Waals surface area contributed by atoms with Gasteiger partial charge in [-0.3, -0.25) is 4.79 Å². The third-order valence-corrected chi connectivity index (χ3v) is 3.19. The van der Waals surface area contributed by atoms with Gasteiger partial charge in [0.15, 0.2) is 5.76 Å². The first-order chi connectivity index (χ1) is 12.0. The molecule has 2 aromatic rings. The molecule has 6 heteroatoms. The van der Waals surface area contributed by atoms with E-state index in [4.69, 9.17) is 13.9 Å². The Balaban J connectivity index is 1.91. The summed E-state index contributed by atoms with van der Waals surface area (Å²) in [6.07, 6.45) is 1.21. The van der Waals surface area contributed by atoms with Crippen LogP contribution < -0.4 is 10.1 Å². The maximum atomic E-state index is 12.1. The number of esters is 1. The number of nitrogens with one attached hydrogen (secondary N) is 1. The van der Waals surface area contributed by atoms with Gasteiger partial charge < -0.3 is 19.2 Å². The highest BCUT2D eigenvalue weighted by atomic mass is 16.5. The first kappa shape index (κ1) is 18.3. The van der Waals surface area contributed by atoms with Gasteiger partial charge >= 0.3 is 5.97 Å². The molecule has 0 bridgehead atoms. The molecule has 1 aromatic carbocycles. The molecule has 132 valence electrons. The number of hydrogen-bond acceptors (Lipinski definition) is 5. The lowest BCUT2D eigenvalue weighted by Gasteiger charge is -2.05. The normalized spacial score (nSPS) is 11.1. The lowest BCUT2D eigenvalue weighted by Crippen LogP contribution is -2.21. The van der Waals surface area contributed by atoms with E-state index in [2.05, 4.69) is 5.32 Å². The molecule has 0 aliphatic rings. The minimum Gasteiger partial charge on any atom is -0.486 e. The Kier molecular flexibility index (Phi) is 6.39. The monoisotopic (exact) mass is 343 g/mol. The highest BCUT2D eigenvalue weighted by Crippen LogP contribution is 2.16. The topological polar surface area (TPSA) is 77.8 Å². The Hall–Kier alpha value is -3.02. The van der Waals surface area contributed by atoms with Crippen LogP contribution in [0.5, 0.6) is 5.75 Å². The van der Waals surface area contributed by atoms with Crippen LogP contribution in [0.15, 0.2) is 52.6 Å². The van der Waals surface area contributed by atoms with Gasteiger partial charge in [-0.05, 0) is 50.6 Å². The van der Waals surface area contributed by atoms with Gasteiger partial charge in [0, 0.05) is 11.8 Å². The van der Waals surface area contributed by atoms with Crippen molar-refractivity contribution >= 4 is 11.9 Å². The maximum absolute atomic E-state index is 12.1. The number of allylic oxidation sites excluding steroid dienone is 1. The van der Waals surface area contributed by atoms with Crippen LogP contribution in [0, 0.1) is 6.92 Å². The van der Waals surface area contributed by atoms with Crippen molar-refractivity contribution in [2.75, 3.05) is 6.61 Å². The summed E-state index contributed by atoms with van der Waals surface area (Å²) in [4.78, 5) is 23.4. The Morgan fingerprint density at radius 1 is 1.24 bits per heavy atom. The van der Waals surface area contributed by atoms with Crippen LogP contribution >= 0.6 is 0 Å². The summed E-state index contributed by atoms with van der Waals surface area (Å²) in [5.41, 5.74) is 1.47. The fourth-order valence-electron chi connectivity index (χ4n) is 2.07. The van der Waals surface area contributed by atoms with Gasteiger partial charge in [-0.2, -0.15) is 0 Å². The molecule has 0 saturated carbocycles.